The molecule has 0 bridgehead atoms. The summed E-state index contributed by atoms with van der Waals surface area (Å²) in [6.07, 6.45) is 69.3. The third kappa shape index (κ3) is 20.1. The number of hydrogen-bond donors (Lipinski definition) is 0. The number of rotatable bonds is 32. The first kappa shape index (κ1) is 56.3. The molecule has 2 unspecified atom stereocenters. The van der Waals surface area contributed by atoms with E-state index >= 15 is 0 Å². The molecule has 392 valence electrons. The second-order valence-corrected chi connectivity index (χ2v) is 26.4. The van der Waals surface area contributed by atoms with Crippen LogP contribution < -0.4 is 0 Å². The fourth-order valence-corrected chi connectivity index (χ4v) is 17.5. The van der Waals surface area contributed by atoms with E-state index in [4.69, 9.17) is 4.74 Å². The van der Waals surface area contributed by atoms with Gasteiger partial charge in [0.15, 0.2) is 0 Å². The predicted octanol–water partition coefficient (Wildman–Crippen LogP) is 21.7. The van der Waals surface area contributed by atoms with E-state index in [1.807, 2.05) is 0 Å². The summed E-state index contributed by atoms with van der Waals surface area (Å²) in [5, 5.41) is 0. The van der Waals surface area contributed by atoms with E-state index in [0.29, 0.717) is 0 Å². The van der Waals surface area contributed by atoms with Crippen LogP contribution in [0, 0.1) is 82.9 Å². The van der Waals surface area contributed by atoms with Gasteiger partial charge in [-0.3, -0.25) is 0 Å². The monoisotopic (exact) mass is 931 g/mol. The molecule has 0 aromatic rings. The van der Waals surface area contributed by atoms with Gasteiger partial charge in [-0.1, -0.05) is 207 Å². The second kappa shape index (κ2) is 33.6. The van der Waals surface area contributed by atoms with Crippen molar-refractivity contribution in [3.8, 4) is 0 Å². The van der Waals surface area contributed by atoms with Crippen LogP contribution in [-0.2, 0) is 4.74 Å². The molecule has 1 nitrogen and oxygen atoms in total. The minimum atomic E-state index is 0.940. The zero-order chi connectivity index (χ0) is 46.7. The fourth-order valence-electron chi connectivity index (χ4n) is 17.5. The molecule has 0 aromatic carbocycles. The van der Waals surface area contributed by atoms with Crippen molar-refractivity contribution in [3.63, 3.8) is 0 Å². The first-order chi connectivity index (χ1) is 33.1. The molecule has 2 atom stereocenters. The van der Waals surface area contributed by atoms with Crippen molar-refractivity contribution in [2.75, 3.05) is 13.2 Å². The summed E-state index contributed by atoms with van der Waals surface area (Å²) < 4.78 is 6.99. The van der Waals surface area contributed by atoms with Crippen LogP contribution in [0.15, 0.2) is 0 Å². The Labute approximate surface area is 422 Å². The lowest BCUT2D eigenvalue weighted by Gasteiger charge is -2.43. The molecule has 67 heavy (non-hydrogen) atoms. The van der Waals surface area contributed by atoms with Gasteiger partial charge in [0.05, 0.1) is 0 Å². The molecule has 0 aliphatic heterocycles. The molecule has 6 rings (SSSR count). The van der Waals surface area contributed by atoms with E-state index in [1.165, 1.54) is 167 Å². The molecule has 0 aromatic heterocycles. The summed E-state index contributed by atoms with van der Waals surface area (Å²) in [5.74, 6) is 14.2. The average Bonchev–Trinajstić information content (AvgIpc) is 3.37. The zero-order valence-corrected chi connectivity index (χ0v) is 46.4. The summed E-state index contributed by atoms with van der Waals surface area (Å²) in [5.41, 5.74) is 0. The van der Waals surface area contributed by atoms with Crippen molar-refractivity contribution in [3.05, 3.63) is 0 Å². The van der Waals surface area contributed by atoms with Gasteiger partial charge in [-0.25, -0.2) is 0 Å². The summed E-state index contributed by atoms with van der Waals surface area (Å²) in [7, 11) is 0. The van der Waals surface area contributed by atoms with E-state index in [9.17, 15) is 0 Å². The Morgan fingerprint density at radius 2 is 0.493 bits per heavy atom. The van der Waals surface area contributed by atoms with Crippen molar-refractivity contribution in [2.24, 2.45) is 82.9 Å². The predicted molar refractivity (Wildman–Crippen MR) is 295 cm³/mol. The second-order valence-electron chi connectivity index (χ2n) is 26.4. The van der Waals surface area contributed by atoms with Gasteiger partial charge >= 0.3 is 0 Å². The molecule has 1 heteroatoms. The molecule has 0 radical (unpaired) electrons. The van der Waals surface area contributed by atoms with Gasteiger partial charge in [0.2, 0.25) is 0 Å². The molecule has 0 amide bonds. The van der Waals surface area contributed by atoms with Crippen LogP contribution in [0.4, 0.5) is 0 Å². The molecular formula is C66H122O. The lowest BCUT2D eigenvalue weighted by atomic mass is 9.63. The Morgan fingerprint density at radius 1 is 0.269 bits per heavy atom. The minimum Gasteiger partial charge on any atom is -0.381 e. The highest BCUT2D eigenvalue weighted by Gasteiger charge is 2.39. The maximum absolute atomic E-state index is 6.99. The van der Waals surface area contributed by atoms with Crippen LogP contribution >= 0.6 is 0 Å². The van der Waals surface area contributed by atoms with Crippen molar-refractivity contribution in [1.82, 2.24) is 0 Å². The van der Waals surface area contributed by atoms with Crippen molar-refractivity contribution in [1.29, 1.82) is 0 Å². The quantitative estimate of drug-likeness (QED) is 0.0611. The standard InChI is InChI=1S/C66H122O/c1-5-9-13-15-19-23-55-29-37-61(38-30-55)65(63-45-41-59(42-46-63)57-33-25-53(26-34-57)21-17-11-7-3)49-51-67-52-50-66(62-39-31-56(32-40-62)24-20-16-14-10-6-2)64-47-43-60(44-48-64)58-35-27-54(28-36-58)22-18-12-8-4/h53-66H,5-52H2,1-4H3. The first-order valence-electron chi connectivity index (χ1n) is 32.7. The van der Waals surface area contributed by atoms with Gasteiger partial charge in [-0.15, -0.1) is 0 Å². The van der Waals surface area contributed by atoms with E-state index < -0.39 is 0 Å². The van der Waals surface area contributed by atoms with Crippen molar-refractivity contribution < 1.29 is 4.74 Å². The van der Waals surface area contributed by atoms with Crippen LogP contribution in [0.5, 0.6) is 0 Å². The molecule has 0 saturated heterocycles. The highest BCUT2D eigenvalue weighted by atomic mass is 16.5. The van der Waals surface area contributed by atoms with Crippen LogP contribution in [0.3, 0.4) is 0 Å². The number of unbranched alkanes of at least 4 members (excludes halogenated alkanes) is 12. The van der Waals surface area contributed by atoms with Gasteiger partial charge in [0.25, 0.3) is 0 Å². The SMILES string of the molecule is CCCCCCCC1CCC(C(CCOCCC(C2CCC(CCCCCCC)CC2)C2CCC(C3CCC(CCCCC)CC3)CC2)C2CCC(C3CCC(CCCCC)CC3)CC2)CC1. The Kier molecular flexibility index (Phi) is 28.2. The molecule has 6 aliphatic carbocycles. The van der Waals surface area contributed by atoms with Crippen molar-refractivity contribution >= 4 is 0 Å². The summed E-state index contributed by atoms with van der Waals surface area (Å²) >= 11 is 0. The van der Waals surface area contributed by atoms with Gasteiger partial charge in [0, 0.05) is 13.2 Å². The maximum atomic E-state index is 6.99. The molecule has 0 spiro atoms. The van der Waals surface area contributed by atoms with Crippen LogP contribution in [0.2, 0.25) is 0 Å². The highest BCUT2D eigenvalue weighted by molar-refractivity contribution is 4.90. The highest BCUT2D eigenvalue weighted by Crippen LogP contribution is 2.50. The Balaban J connectivity index is 0.986. The topological polar surface area (TPSA) is 9.23 Å². The maximum Gasteiger partial charge on any atom is 0.0468 e. The lowest BCUT2D eigenvalue weighted by molar-refractivity contribution is 0.0302. The molecule has 6 fully saturated rings. The normalized spacial score (nSPS) is 34.2. The van der Waals surface area contributed by atoms with Gasteiger partial charge in [-0.05, 0) is 198 Å². The molecule has 6 aliphatic rings. The molecule has 6 saturated carbocycles. The Bertz CT molecular complexity index is 1050. The summed E-state index contributed by atoms with van der Waals surface area (Å²) in [4.78, 5) is 0. The van der Waals surface area contributed by atoms with E-state index in [2.05, 4.69) is 27.7 Å². The fraction of sp³-hybridized carbons (Fsp3) is 1.00. The number of hydrogen-bond acceptors (Lipinski definition) is 1. The first-order valence-corrected chi connectivity index (χ1v) is 32.7. The molecule has 0 N–H and O–H groups in total. The van der Waals surface area contributed by atoms with E-state index in [1.54, 1.807) is 128 Å². The smallest absolute Gasteiger partial charge is 0.0468 e. The van der Waals surface area contributed by atoms with Gasteiger partial charge in [0.1, 0.15) is 0 Å². The minimum absolute atomic E-state index is 0.940. The third-order valence-electron chi connectivity index (χ3n) is 22.0. The Hall–Kier alpha value is -0.0400. The molecular weight excluding hydrogens is 809 g/mol. The third-order valence-corrected chi connectivity index (χ3v) is 22.0. The number of ether oxygens (including phenoxy) is 1. The summed E-state index contributed by atoms with van der Waals surface area (Å²) in [6.45, 7) is 11.6. The average molecular weight is 932 g/mol. The largest absolute Gasteiger partial charge is 0.381 e. The van der Waals surface area contributed by atoms with Gasteiger partial charge < -0.3 is 4.74 Å². The summed E-state index contributed by atoms with van der Waals surface area (Å²) in [6, 6.07) is 0. The van der Waals surface area contributed by atoms with E-state index in [-0.39, 0.29) is 0 Å². The lowest BCUT2D eigenvalue weighted by Crippen LogP contribution is -2.34. The van der Waals surface area contributed by atoms with Crippen LogP contribution in [0.25, 0.3) is 0 Å². The van der Waals surface area contributed by atoms with Crippen molar-refractivity contribution in [2.45, 2.75) is 323 Å². The zero-order valence-electron chi connectivity index (χ0n) is 46.4. The van der Waals surface area contributed by atoms with Crippen LogP contribution in [0.1, 0.15) is 323 Å². The Morgan fingerprint density at radius 3 is 0.791 bits per heavy atom. The van der Waals surface area contributed by atoms with Gasteiger partial charge in [-0.2, -0.15) is 0 Å². The van der Waals surface area contributed by atoms with Crippen LogP contribution in [-0.4, -0.2) is 13.2 Å². The molecule has 0 heterocycles. The van der Waals surface area contributed by atoms with E-state index in [0.717, 1.165) is 96.1 Å².